The molecule has 2 N–H and O–H groups in total. The van der Waals surface area contributed by atoms with Crippen molar-refractivity contribution in [3.05, 3.63) is 0 Å². The molecule has 0 bridgehead atoms. The first-order chi connectivity index (χ1) is 8.78. The molecule has 1 unspecified atom stereocenters. The minimum absolute atomic E-state index is 0.0668. The molecule has 0 aromatic rings. The molecule has 0 spiro atoms. The Balaban J connectivity index is 4.19. The number of carboxylic acid groups (broad SMARTS) is 1. The SMILES string of the molecule is CC(C)CC(CNS(=O)(=O)CCCCC#N)C(=O)O. The van der Waals surface area contributed by atoms with Crippen molar-refractivity contribution in [3.63, 3.8) is 0 Å². The van der Waals surface area contributed by atoms with Crippen LogP contribution in [0.25, 0.3) is 0 Å². The highest BCUT2D eigenvalue weighted by atomic mass is 32.2. The van der Waals surface area contributed by atoms with Crippen molar-refractivity contribution in [2.45, 2.75) is 39.5 Å². The number of nitriles is 1. The van der Waals surface area contributed by atoms with Gasteiger partial charge in [-0.2, -0.15) is 5.26 Å². The largest absolute Gasteiger partial charge is 0.481 e. The molecular weight excluding hydrogens is 268 g/mol. The second-order valence-corrected chi connectivity index (χ2v) is 6.87. The van der Waals surface area contributed by atoms with E-state index in [1.807, 2.05) is 19.9 Å². The molecule has 0 saturated carbocycles. The zero-order valence-corrected chi connectivity index (χ0v) is 12.2. The lowest BCUT2D eigenvalue weighted by molar-refractivity contribution is -0.142. The summed E-state index contributed by atoms with van der Waals surface area (Å²) in [7, 11) is -3.45. The normalized spacial score (nSPS) is 13.2. The van der Waals surface area contributed by atoms with Crippen LogP contribution in [0.4, 0.5) is 0 Å². The summed E-state index contributed by atoms with van der Waals surface area (Å²) < 4.78 is 25.6. The molecule has 0 heterocycles. The molecule has 0 aliphatic carbocycles. The van der Waals surface area contributed by atoms with Crippen LogP contribution < -0.4 is 4.72 Å². The summed E-state index contributed by atoms with van der Waals surface area (Å²) in [5.41, 5.74) is 0. The van der Waals surface area contributed by atoms with Crippen molar-refractivity contribution in [1.29, 1.82) is 5.26 Å². The highest BCUT2D eigenvalue weighted by Crippen LogP contribution is 2.11. The average Bonchev–Trinajstić information content (AvgIpc) is 2.29. The molecule has 1 atom stereocenters. The van der Waals surface area contributed by atoms with Gasteiger partial charge in [-0.1, -0.05) is 13.8 Å². The molecule has 0 aromatic carbocycles. The van der Waals surface area contributed by atoms with Crippen LogP contribution >= 0.6 is 0 Å². The number of hydrogen-bond acceptors (Lipinski definition) is 4. The van der Waals surface area contributed by atoms with Crippen molar-refractivity contribution in [2.75, 3.05) is 12.3 Å². The van der Waals surface area contributed by atoms with Gasteiger partial charge in [0.15, 0.2) is 0 Å². The van der Waals surface area contributed by atoms with Crippen molar-refractivity contribution in [1.82, 2.24) is 4.72 Å². The minimum Gasteiger partial charge on any atom is -0.481 e. The smallest absolute Gasteiger partial charge is 0.307 e. The Morgan fingerprint density at radius 1 is 1.37 bits per heavy atom. The molecule has 0 rings (SSSR count). The fourth-order valence-corrected chi connectivity index (χ4v) is 2.82. The van der Waals surface area contributed by atoms with Crippen LogP contribution in [-0.2, 0) is 14.8 Å². The Morgan fingerprint density at radius 3 is 2.47 bits per heavy atom. The Kier molecular flexibility index (Phi) is 8.35. The van der Waals surface area contributed by atoms with Crippen LogP contribution in [0, 0.1) is 23.2 Å². The lowest BCUT2D eigenvalue weighted by atomic mass is 9.98. The van der Waals surface area contributed by atoms with Crippen LogP contribution in [-0.4, -0.2) is 31.8 Å². The molecule has 0 aliphatic heterocycles. The summed E-state index contributed by atoms with van der Waals surface area (Å²) in [6.07, 6.45) is 1.71. The first kappa shape index (κ1) is 17.9. The minimum atomic E-state index is -3.45. The Morgan fingerprint density at radius 2 is 2.00 bits per heavy atom. The molecule has 6 nitrogen and oxygen atoms in total. The summed E-state index contributed by atoms with van der Waals surface area (Å²) in [5.74, 6) is -1.56. The van der Waals surface area contributed by atoms with E-state index in [2.05, 4.69) is 4.72 Å². The van der Waals surface area contributed by atoms with Gasteiger partial charge in [0, 0.05) is 13.0 Å². The Bertz CT molecular complexity index is 412. The van der Waals surface area contributed by atoms with Crippen LogP contribution in [0.5, 0.6) is 0 Å². The van der Waals surface area contributed by atoms with Gasteiger partial charge in [-0.15, -0.1) is 0 Å². The van der Waals surface area contributed by atoms with Gasteiger partial charge in [-0.25, -0.2) is 13.1 Å². The summed E-state index contributed by atoms with van der Waals surface area (Å²) in [4.78, 5) is 11.0. The molecule has 19 heavy (non-hydrogen) atoms. The second kappa shape index (κ2) is 8.88. The molecule has 0 aromatic heterocycles. The number of aliphatic carboxylic acids is 1. The van der Waals surface area contributed by atoms with E-state index in [4.69, 9.17) is 10.4 Å². The van der Waals surface area contributed by atoms with Gasteiger partial charge >= 0.3 is 5.97 Å². The molecule has 0 saturated heterocycles. The summed E-state index contributed by atoms with van der Waals surface area (Å²) in [6.45, 7) is 3.72. The van der Waals surface area contributed by atoms with Crippen LogP contribution in [0.2, 0.25) is 0 Å². The number of carboxylic acids is 1. The third-order valence-corrected chi connectivity index (χ3v) is 4.04. The van der Waals surface area contributed by atoms with Gasteiger partial charge in [-0.05, 0) is 25.2 Å². The molecule has 0 fully saturated rings. The fraction of sp³-hybridized carbons (Fsp3) is 0.833. The maximum Gasteiger partial charge on any atom is 0.307 e. The van der Waals surface area contributed by atoms with Crippen LogP contribution in [0.1, 0.15) is 39.5 Å². The predicted molar refractivity (Wildman–Crippen MR) is 71.8 cm³/mol. The number of carbonyl (C=O) groups is 1. The molecule has 110 valence electrons. The van der Waals surface area contributed by atoms with Crippen molar-refractivity contribution in [2.24, 2.45) is 11.8 Å². The Hall–Kier alpha value is -1.13. The summed E-state index contributed by atoms with van der Waals surface area (Å²) in [5, 5.41) is 17.3. The van der Waals surface area contributed by atoms with Crippen molar-refractivity contribution < 1.29 is 18.3 Å². The lowest BCUT2D eigenvalue weighted by Gasteiger charge is -2.15. The van der Waals surface area contributed by atoms with E-state index in [1.54, 1.807) is 0 Å². The van der Waals surface area contributed by atoms with Crippen molar-refractivity contribution >= 4 is 16.0 Å². The molecule has 0 amide bonds. The van der Waals surface area contributed by atoms with E-state index < -0.39 is 21.9 Å². The molecule has 0 aliphatic rings. The number of unbranched alkanes of at least 4 members (excludes halogenated alkanes) is 2. The highest BCUT2D eigenvalue weighted by Gasteiger charge is 2.21. The zero-order valence-electron chi connectivity index (χ0n) is 11.4. The summed E-state index contributed by atoms with van der Waals surface area (Å²) >= 11 is 0. The van der Waals surface area contributed by atoms with Gasteiger partial charge in [0.05, 0.1) is 17.7 Å². The van der Waals surface area contributed by atoms with Gasteiger partial charge in [0.1, 0.15) is 0 Å². The lowest BCUT2D eigenvalue weighted by Crippen LogP contribution is -2.35. The van der Waals surface area contributed by atoms with E-state index in [-0.39, 0.29) is 18.2 Å². The standard InChI is InChI=1S/C12H22N2O4S/c1-10(2)8-11(12(15)16)9-14-19(17,18)7-5-3-4-6-13/h10-11,14H,3-5,7-9H2,1-2H3,(H,15,16). The maximum absolute atomic E-state index is 11.6. The third-order valence-electron chi connectivity index (χ3n) is 2.61. The topological polar surface area (TPSA) is 107 Å². The molecule has 0 radical (unpaired) electrons. The van der Waals surface area contributed by atoms with E-state index in [0.29, 0.717) is 25.7 Å². The van der Waals surface area contributed by atoms with E-state index in [1.165, 1.54) is 0 Å². The highest BCUT2D eigenvalue weighted by molar-refractivity contribution is 7.89. The monoisotopic (exact) mass is 290 g/mol. The number of nitrogens with zero attached hydrogens (tertiary/aromatic N) is 1. The number of rotatable bonds is 10. The third kappa shape index (κ3) is 9.45. The van der Waals surface area contributed by atoms with Crippen molar-refractivity contribution in [3.8, 4) is 6.07 Å². The van der Waals surface area contributed by atoms with E-state index in [9.17, 15) is 13.2 Å². The van der Waals surface area contributed by atoms with Gasteiger partial charge in [0.2, 0.25) is 10.0 Å². The fourth-order valence-electron chi connectivity index (χ4n) is 1.64. The number of sulfonamides is 1. The zero-order chi connectivity index (χ0) is 14.9. The maximum atomic E-state index is 11.6. The first-order valence-corrected chi connectivity index (χ1v) is 8.00. The summed E-state index contributed by atoms with van der Waals surface area (Å²) in [6, 6.07) is 1.95. The molecule has 7 heteroatoms. The second-order valence-electron chi connectivity index (χ2n) is 4.95. The van der Waals surface area contributed by atoms with Gasteiger partial charge < -0.3 is 5.11 Å². The predicted octanol–water partition coefficient (Wildman–Crippen LogP) is 1.35. The van der Waals surface area contributed by atoms with Crippen LogP contribution in [0.15, 0.2) is 0 Å². The average molecular weight is 290 g/mol. The first-order valence-electron chi connectivity index (χ1n) is 6.35. The van der Waals surface area contributed by atoms with Crippen LogP contribution in [0.3, 0.4) is 0 Å². The van der Waals surface area contributed by atoms with E-state index in [0.717, 1.165) is 0 Å². The van der Waals surface area contributed by atoms with E-state index >= 15 is 0 Å². The number of nitrogens with one attached hydrogen (secondary N) is 1. The quantitative estimate of drug-likeness (QED) is 0.590. The van der Waals surface area contributed by atoms with Gasteiger partial charge in [-0.3, -0.25) is 4.79 Å². The van der Waals surface area contributed by atoms with Gasteiger partial charge in [0.25, 0.3) is 0 Å². The molecular formula is C12H22N2O4S. The Labute approximate surface area is 114 Å². The number of hydrogen-bond donors (Lipinski definition) is 2.